The highest BCUT2D eigenvalue weighted by molar-refractivity contribution is 5.78. The Bertz CT molecular complexity index is 206. The lowest BCUT2D eigenvalue weighted by Gasteiger charge is -2.30. The third kappa shape index (κ3) is 3.76. The van der Waals surface area contributed by atoms with Gasteiger partial charge < -0.3 is 15.1 Å². The smallest absolute Gasteiger partial charge is 0.225 e. The number of carbonyl (C=O) groups excluding carboxylic acids is 1. The van der Waals surface area contributed by atoms with Crippen molar-refractivity contribution >= 4 is 5.91 Å². The van der Waals surface area contributed by atoms with Gasteiger partial charge in [-0.3, -0.25) is 4.79 Å². The van der Waals surface area contributed by atoms with Crippen LogP contribution in [0.2, 0.25) is 0 Å². The van der Waals surface area contributed by atoms with Crippen molar-refractivity contribution in [3.8, 4) is 0 Å². The highest BCUT2D eigenvalue weighted by Gasteiger charge is 2.27. The molecule has 1 aliphatic rings. The van der Waals surface area contributed by atoms with Crippen molar-refractivity contribution in [2.45, 2.75) is 32.6 Å². The highest BCUT2D eigenvalue weighted by Crippen LogP contribution is 2.29. The molecule has 94 valence electrons. The number of nitrogens with zero attached hydrogens (tertiary/aromatic N) is 1. The van der Waals surface area contributed by atoms with Crippen LogP contribution in [-0.2, 0) is 4.79 Å². The summed E-state index contributed by atoms with van der Waals surface area (Å²) in [6, 6.07) is 0. The summed E-state index contributed by atoms with van der Waals surface area (Å²) in [5.41, 5.74) is 0. The number of rotatable bonds is 5. The van der Waals surface area contributed by atoms with Gasteiger partial charge in [0.2, 0.25) is 5.91 Å². The molecule has 1 aliphatic carbocycles. The fourth-order valence-electron chi connectivity index (χ4n) is 2.34. The van der Waals surface area contributed by atoms with Crippen molar-refractivity contribution in [2.24, 2.45) is 11.8 Å². The molecule has 0 unspecified atom stereocenters. The van der Waals surface area contributed by atoms with Gasteiger partial charge in [0.15, 0.2) is 0 Å². The van der Waals surface area contributed by atoms with Crippen molar-refractivity contribution in [3.05, 3.63) is 0 Å². The van der Waals surface area contributed by atoms with Crippen molar-refractivity contribution in [1.29, 1.82) is 0 Å². The number of carbonyl (C=O) groups is 1. The summed E-state index contributed by atoms with van der Waals surface area (Å²) >= 11 is 0. The lowest BCUT2D eigenvalue weighted by Crippen LogP contribution is -2.40. The van der Waals surface area contributed by atoms with Crippen LogP contribution in [0.4, 0.5) is 0 Å². The van der Waals surface area contributed by atoms with Crippen molar-refractivity contribution in [3.63, 3.8) is 0 Å². The van der Waals surface area contributed by atoms with E-state index in [2.05, 4.69) is 6.92 Å². The summed E-state index contributed by atoms with van der Waals surface area (Å²) in [5, 5.41) is 17.8. The van der Waals surface area contributed by atoms with Gasteiger partial charge in [-0.1, -0.05) is 6.92 Å². The van der Waals surface area contributed by atoms with E-state index in [1.54, 1.807) is 4.90 Å². The summed E-state index contributed by atoms with van der Waals surface area (Å²) < 4.78 is 0. The minimum absolute atomic E-state index is 0.0329. The summed E-state index contributed by atoms with van der Waals surface area (Å²) in [4.78, 5) is 13.7. The number of hydrogen-bond donors (Lipinski definition) is 2. The van der Waals surface area contributed by atoms with Gasteiger partial charge >= 0.3 is 0 Å². The monoisotopic (exact) mass is 229 g/mol. The Hall–Kier alpha value is -0.610. The van der Waals surface area contributed by atoms with E-state index in [1.165, 1.54) is 0 Å². The summed E-state index contributed by atoms with van der Waals surface area (Å²) in [6.45, 7) is 2.83. The van der Waals surface area contributed by atoms with Crippen LogP contribution >= 0.6 is 0 Å². The standard InChI is InChI=1S/C12H23NO3/c1-10-2-4-11(5-3-10)12(16)13(6-8-14)7-9-15/h10-11,14-15H,2-9H2,1H3. The predicted molar refractivity (Wildman–Crippen MR) is 61.9 cm³/mol. The number of aliphatic hydroxyl groups excluding tert-OH is 2. The van der Waals surface area contributed by atoms with E-state index in [-0.39, 0.29) is 25.0 Å². The molecule has 0 aromatic heterocycles. The van der Waals surface area contributed by atoms with Gasteiger partial charge in [-0.05, 0) is 31.6 Å². The van der Waals surface area contributed by atoms with Gasteiger partial charge in [-0.15, -0.1) is 0 Å². The molecule has 0 aromatic carbocycles. The zero-order valence-corrected chi connectivity index (χ0v) is 10.1. The molecule has 1 amide bonds. The molecule has 0 spiro atoms. The molecule has 1 fully saturated rings. The molecule has 0 aliphatic heterocycles. The van der Waals surface area contributed by atoms with E-state index in [9.17, 15) is 4.79 Å². The van der Waals surface area contributed by atoms with E-state index in [0.29, 0.717) is 13.1 Å². The normalized spacial score (nSPS) is 25.4. The molecule has 16 heavy (non-hydrogen) atoms. The molecule has 0 saturated heterocycles. The molecular formula is C12H23NO3. The van der Waals surface area contributed by atoms with Crippen LogP contribution in [0, 0.1) is 11.8 Å². The van der Waals surface area contributed by atoms with Crippen LogP contribution in [0.15, 0.2) is 0 Å². The first-order valence-corrected chi connectivity index (χ1v) is 6.19. The van der Waals surface area contributed by atoms with Gasteiger partial charge in [0.25, 0.3) is 0 Å². The fraction of sp³-hybridized carbons (Fsp3) is 0.917. The molecule has 0 radical (unpaired) electrons. The molecule has 4 nitrogen and oxygen atoms in total. The highest BCUT2D eigenvalue weighted by atomic mass is 16.3. The largest absolute Gasteiger partial charge is 0.395 e. The molecule has 0 heterocycles. The van der Waals surface area contributed by atoms with Crippen molar-refractivity contribution < 1.29 is 15.0 Å². The van der Waals surface area contributed by atoms with Crippen LogP contribution in [0.5, 0.6) is 0 Å². The minimum Gasteiger partial charge on any atom is -0.395 e. The van der Waals surface area contributed by atoms with Gasteiger partial charge in [0.05, 0.1) is 13.2 Å². The van der Waals surface area contributed by atoms with Crippen molar-refractivity contribution in [1.82, 2.24) is 4.90 Å². The quantitative estimate of drug-likeness (QED) is 0.726. The first-order chi connectivity index (χ1) is 7.69. The molecule has 4 heteroatoms. The third-order valence-electron chi connectivity index (χ3n) is 3.42. The van der Waals surface area contributed by atoms with Crippen LogP contribution in [0.1, 0.15) is 32.6 Å². The number of amides is 1. The summed E-state index contributed by atoms with van der Waals surface area (Å²) in [6.07, 6.45) is 4.13. The van der Waals surface area contributed by atoms with Gasteiger partial charge in [-0.25, -0.2) is 0 Å². The average Bonchev–Trinajstić information content (AvgIpc) is 2.29. The van der Waals surface area contributed by atoms with E-state index >= 15 is 0 Å². The van der Waals surface area contributed by atoms with Crippen LogP contribution in [0.25, 0.3) is 0 Å². The maximum Gasteiger partial charge on any atom is 0.225 e. The Morgan fingerprint density at radius 2 is 1.62 bits per heavy atom. The first kappa shape index (κ1) is 13.5. The Balaban J connectivity index is 2.46. The zero-order valence-electron chi connectivity index (χ0n) is 10.1. The number of hydrogen-bond acceptors (Lipinski definition) is 3. The van der Waals surface area contributed by atoms with Crippen LogP contribution < -0.4 is 0 Å². The molecule has 1 rings (SSSR count). The first-order valence-electron chi connectivity index (χ1n) is 6.19. The van der Waals surface area contributed by atoms with E-state index in [1.807, 2.05) is 0 Å². The maximum atomic E-state index is 12.1. The maximum absolute atomic E-state index is 12.1. The lowest BCUT2D eigenvalue weighted by atomic mass is 9.82. The Morgan fingerprint density at radius 3 is 2.06 bits per heavy atom. The van der Waals surface area contributed by atoms with Gasteiger partial charge in [-0.2, -0.15) is 0 Å². The van der Waals surface area contributed by atoms with Crippen LogP contribution in [0.3, 0.4) is 0 Å². The molecule has 2 N–H and O–H groups in total. The second kappa shape index (κ2) is 6.86. The van der Waals surface area contributed by atoms with E-state index in [0.717, 1.165) is 31.6 Å². The Labute approximate surface area is 97.3 Å². The van der Waals surface area contributed by atoms with Gasteiger partial charge in [0.1, 0.15) is 0 Å². The molecule has 0 bridgehead atoms. The number of aliphatic hydroxyl groups is 2. The van der Waals surface area contributed by atoms with Crippen LogP contribution in [-0.4, -0.2) is 47.3 Å². The zero-order chi connectivity index (χ0) is 12.0. The third-order valence-corrected chi connectivity index (χ3v) is 3.42. The Kier molecular flexibility index (Phi) is 5.77. The topological polar surface area (TPSA) is 60.8 Å². The minimum atomic E-state index is -0.0329. The summed E-state index contributed by atoms with van der Waals surface area (Å²) in [7, 11) is 0. The fourth-order valence-corrected chi connectivity index (χ4v) is 2.34. The SMILES string of the molecule is CC1CCC(C(=O)N(CCO)CCO)CC1. The lowest BCUT2D eigenvalue weighted by molar-refractivity contribution is -0.137. The van der Waals surface area contributed by atoms with Gasteiger partial charge in [0, 0.05) is 19.0 Å². The average molecular weight is 229 g/mol. The molecular weight excluding hydrogens is 206 g/mol. The van der Waals surface area contributed by atoms with E-state index in [4.69, 9.17) is 10.2 Å². The molecule has 1 saturated carbocycles. The summed E-state index contributed by atoms with van der Waals surface area (Å²) in [5.74, 6) is 0.942. The second-order valence-corrected chi connectivity index (χ2v) is 4.73. The van der Waals surface area contributed by atoms with E-state index < -0.39 is 0 Å². The Morgan fingerprint density at radius 1 is 1.12 bits per heavy atom. The molecule has 0 aromatic rings. The predicted octanol–water partition coefficient (Wildman–Crippen LogP) is 0.626. The molecule has 0 atom stereocenters. The van der Waals surface area contributed by atoms with Crippen molar-refractivity contribution in [2.75, 3.05) is 26.3 Å². The second-order valence-electron chi connectivity index (χ2n) is 4.73.